The van der Waals surface area contributed by atoms with Crippen LogP contribution in [0.25, 0.3) is 0 Å². The van der Waals surface area contributed by atoms with Crippen molar-refractivity contribution in [2.24, 2.45) is 0 Å². The number of aliphatic hydroxyl groups is 1. The molecular formula is C12H15NO. The molecular weight excluding hydrogens is 174 g/mol. The Morgan fingerprint density at radius 2 is 1.79 bits per heavy atom. The molecule has 2 heteroatoms. The lowest BCUT2D eigenvalue weighted by Gasteiger charge is -2.26. The fraction of sp³-hybridized carbons (Fsp3) is 0.500. The molecule has 2 fully saturated rings. The van der Waals surface area contributed by atoms with E-state index >= 15 is 0 Å². The summed E-state index contributed by atoms with van der Waals surface area (Å²) in [6.07, 6.45) is 1.80. The van der Waals surface area contributed by atoms with Crippen molar-refractivity contribution in [2.45, 2.75) is 30.5 Å². The summed E-state index contributed by atoms with van der Waals surface area (Å²) >= 11 is 0. The van der Waals surface area contributed by atoms with Gasteiger partial charge < -0.3 is 5.11 Å². The molecule has 2 atom stereocenters. The third kappa shape index (κ3) is 1.04. The van der Waals surface area contributed by atoms with Gasteiger partial charge in [0.05, 0.1) is 5.60 Å². The van der Waals surface area contributed by atoms with E-state index in [-0.39, 0.29) is 0 Å². The van der Waals surface area contributed by atoms with Crippen molar-refractivity contribution in [3.63, 3.8) is 0 Å². The van der Waals surface area contributed by atoms with Gasteiger partial charge in [0, 0.05) is 12.1 Å². The van der Waals surface area contributed by atoms with Gasteiger partial charge in [-0.05, 0) is 25.5 Å². The first-order valence-corrected chi connectivity index (χ1v) is 5.20. The Labute approximate surface area is 84.2 Å². The smallest absolute Gasteiger partial charge is 0.0927 e. The van der Waals surface area contributed by atoms with Gasteiger partial charge in [-0.1, -0.05) is 30.3 Å². The van der Waals surface area contributed by atoms with Crippen molar-refractivity contribution in [3.05, 3.63) is 35.9 Å². The maximum Gasteiger partial charge on any atom is 0.0927 e. The van der Waals surface area contributed by atoms with Crippen LogP contribution in [0.1, 0.15) is 18.4 Å². The zero-order chi connectivity index (χ0) is 9.76. The largest absolute Gasteiger partial charge is 0.385 e. The molecule has 0 amide bonds. The van der Waals surface area contributed by atoms with E-state index < -0.39 is 5.60 Å². The van der Waals surface area contributed by atoms with Crippen LogP contribution in [0.4, 0.5) is 0 Å². The third-order valence-electron chi connectivity index (χ3n) is 3.81. The number of likely N-dealkylation sites (N-methyl/N-ethyl adjacent to an activating group) is 1. The number of fused-ring (bicyclic) bond motifs is 1. The summed E-state index contributed by atoms with van der Waals surface area (Å²) in [6, 6.07) is 11.3. The summed E-state index contributed by atoms with van der Waals surface area (Å²) in [5.74, 6) is 0. The third-order valence-corrected chi connectivity index (χ3v) is 3.81. The first-order valence-electron chi connectivity index (χ1n) is 5.20. The average molecular weight is 189 g/mol. The molecule has 74 valence electrons. The highest BCUT2D eigenvalue weighted by Gasteiger charge is 2.58. The fourth-order valence-corrected chi connectivity index (χ4v) is 2.79. The second-order valence-corrected chi connectivity index (χ2v) is 4.61. The number of hydrogen-bond donors (Lipinski definition) is 1. The van der Waals surface area contributed by atoms with Crippen LogP contribution in [0.2, 0.25) is 0 Å². The highest BCUT2D eigenvalue weighted by atomic mass is 16.3. The van der Waals surface area contributed by atoms with Gasteiger partial charge in [-0.25, -0.2) is 0 Å². The summed E-state index contributed by atoms with van der Waals surface area (Å²) in [4.78, 5) is 2.34. The van der Waals surface area contributed by atoms with Gasteiger partial charge in [-0.15, -0.1) is 0 Å². The topological polar surface area (TPSA) is 23.2 Å². The monoisotopic (exact) mass is 189 g/mol. The van der Waals surface area contributed by atoms with Crippen molar-refractivity contribution in [1.82, 2.24) is 4.90 Å². The minimum absolute atomic E-state index is 0.552. The molecule has 2 nitrogen and oxygen atoms in total. The molecule has 2 aliphatic rings. The van der Waals surface area contributed by atoms with E-state index in [0.29, 0.717) is 12.1 Å². The summed E-state index contributed by atoms with van der Waals surface area (Å²) in [7, 11) is 2.14. The van der Waals surface area contributed by atoms with Crippen LogP contribution in [0.5, 0.6) is 0 Å². The minimum atomic E-state index is -0.552. The van der Waals surface area contributed by atoms with Gasteiger partial charge in [-0.3, -0.25) is 4.90 Å². The first-order chi connectivity index (χ1) is 6.71. The Kier molecular flexibility index (Phi) is 1.56. The SMILES string of the molecule is CN1C2CC(O)(c3ccccc3)CC21. The lowest BCUT2D eigenvalue weighted by atomic mass is 9.91. The number of nitrogens with zero attached hydrogens (tertiary/aromatic N) is 1. The van der Waals surface area contributed by atoms with E-state index in [4.69, 9.17) is 0 Å². The molecule has 1 N–H and O–H groups in total. The molecule has 1 aliphatic heterocycles. The van der Waals surface area contributed by atoms with Crippen LogP contribution in [-0.4, -0.2) is 29.1 Å². The van der Waals surface area contributed by atoms with Crippen molar-refractivity contribution >= 4 is 0 Å². The highest BCUT2D eigenvalue weighted by molar-refractivity contribution is 5.28. The molecule has 0 bridgehead atoms. The number of rotatable bonds is 1. The van der Waals surface area contributed by atoms with Crippen molar-refractivity contribution in [3.8, 4) is 0 Å². The standard InChI is InChI=1S/C12H15NO/c1-13-10-7-12(14,8-11(10)13)9-5-3-2-4-6-9/h2-6,10-11,14H,7-8H2,1H3. The summed E-state index contributed by atoms with van der Waals surface area (Å²) in [5, 5.41) is 10.5. The predicted molar refractivity (Wildman–Crippen MR) is 54.9 cm³/mol. The van der Waals surface area contributed by atoms with Gasteiger partial charge in [0.15, 0.2) is 0 Å². The minimum Gasteiger partial charge on any atom is -0.385 e. The van der Waals surface area contributed by atoms with E-state index in [2.05, 4.69) is 11.9 Å². The van der Waals surface area contributed by atoms with E-state index in [1.165, 1.54) is 0 Å². The number of piperidine rings is 1. The van der Waals surface area contributed by atoms with Gasteiger partial charge in [0.25, 0.3) is 0 Å². The zero-order valence-electron chi connectivity index (χ0n) is 8.35. The fourth-order valence-electron chi connectivity index (χ4n) is 2.79. The predicted octanol–water partition coefficient (Wildman–Crippen LogP) is 1.35. The molecule has 1 saturated carbocycles. The van der Waals surface area contributed by atoms with Crippen LogP contribution >= 0.6 is 0 Å². The Bertz CT molecular complexity index is 337. The van der Waals surface area contributed by atoms with Crippen molar-refractivity contribution in [1.29, 1.82) is 0 Å². The maximum atomic E-state index is 10.5. The molecule has 1 aliphatic carbocycles. The molecule has 14 heavy (non-hydrogen) atoms. The first kappa shape index (κ1) is 8.45. The van der Waals surface area contributed by atoms with E-state index in [1.54, 1.807) is 0 Å². The lowest BCUT2D eigenvalue weighted by Crippen LogP contribution is -2.27. The molecule has 0 aromatic heterocycles. The average Bonchev–Trinajstić information content (AvgIpc) is 2.65. The molecule has 2 unspecified atom stereocenters. The molecule has 0 radical (unpaired) electrons. The van der Waals surface area contributed by atoms with Gasteiger partial charge >= 0.3 is 0 Å². The Morgan fingerprint density at radius 3 is 2.36 bits per heavy atom. The Hall–Kier alpha value is -0.860. The van der Waals surface area contributed by atoms with Crippen molar-refractivity contribution < 1.29 is 5.11 Å². The highest BCUT2D eigenvalue weighted by Crippen LogP contribution is 2.50. The molecule has 0 spiro atoms. The van der Waals surface area contributed by atoms with Crippen LogP contribution in [0, 0.1) is 0 Å². The molecule has 1 aromatic rings. The normalized spacial score (nSPS) is 44.9. The Morgan fingerprint density at radius 1 is 1.21 bits per heavy atom. The van der Waals surface area contributed by atoms with Crippen LogP contribution in [0.15, 0.2) is 30.3 Å². The van der Waals surface area contributed by atoms with Gasteiger partial charge in [0.2, 0.25) is 0 Å². The quantitative estimate of drug-likeness (QED) is 0.674. The Balaban J connectivity index is 1.87. The zero-order valence-corrected chi connectivity index (χ0v) is 8.35. The van der Waals surface area contributed by atoms with Crippen LogP contribution in [0.3, 0.4) is 0 Å². The van der Waals surface area contributed by atoms with Crippen LogP contribution < -0.4 is 0 Å². The second kappa shape index (κ2) is 2.59. The maximum absolute atomic E-state index is 10.5. The van der Waals surface area contributed by atoms with E-state index in [0.717, 1.165) is 18.4 Å². The summed E-state index contributed by atoms with van der Waals surface area (Å²) in [6.45, 7) is 0. The van der Waals surface area contributed by atoms with Crippen LogP contribution in [-0.2, 0) is 5.60 Å². The van der Waals surface area contributed by atoms with Gasteiger partial charge in [-0.2, -0.15) is 0 Å². The molecule has 1 aromatic carbocycles. The molecule has 1 saturated heterocycles. The van der Waals surface area contributed by atoms with Crippen molar-refractivity contribution in [2.75, 3.05) is 7.05 Å². The molecule has 1 heterocycles. The molecule has 3 rings (SSSR count). The number of hydrogen-bond acceptors (Lipinski definition) is 2. The summed E-state index contributed by atoms with van der Waals surface area (Å²) < 4.78 is 0. The van der Waals surface area contributed by atoms with E-state index in [1.807, 2.05) is 30.3 Å². The number of benzene rings is 1. The summed E-state index contributed by atoms with van der Waals surface area (Å²) in [5.41, 5.74) is 0.531. The van der Waals surface area contributed by atoms with E-state index in [9.17, 15) is 5.11 Å². The number of likely N-dealkylation sites (tertiary alicyclic amines) is 1. The lowest BCUT2D eigenvalue weighted by molar-refractivity contribution is 0.0247. The van der Waals surface area contributed by atoms with Gasteiger partial charge in [0.1, 0.15) is 0 Å². The second-order valence-electron chi connectivity index (χ2n) is 4.61.